The third-order valence-corrected chi connectivity index (χ3v) is 4.33. The molecule has 0 saturated carbocycles. The highest BCUT2D eigenvalue weighted by Gasteiger charge is 2.35. The molecule has 26 heavy (non-hydrogen) atoms. The van der Waals surface area contributed by atoms with Crippen LogP contribution in [0.5, 0.6) is 5.75 Å². The van der Waals surface area contributed by atoms with E-state index < -0.39 is 5.60 Å². The van der Waals surface area contributed by atoms with Gasteiger partial charge in [0, 0.05) is 31.0 Å². The average molecular weight is 349 g/mol. The van der Waals surface area contributed by atoms with Crippen molar-refractivity contribution in [2.45, 2.75) is 18.9 Å². The average Bonchev–Trinajstić information content (AvgIpc) is 2.68. The van der Waals surface area contributed by atoms with Crippen LogP contribution in [0.2, 0.25) is 0 Å². The van der Waals surface area contributed by atoms with Crippen LogP contribution in [0.4, 0.5) is 0 Å². The highest BCUT2D eigenvalue weighted by Crippen LogP contribution is 2.38. The quantitative estimate of drug-likeness (QED) is 0.658. The minimum atomic E-state index is -1.27. The van der Waals surface area contributed by atoms with Crippen molar-refractivity contribution in [3.8, 4) is 5.75 Å². The van der Waals surface area contributed by atoms with E-state index in [-0.39, 0.29) is 6.79 Å². The number of aryl methyl sites for hydroxylation is 1. The van der Waals surface area contributed by atoms with Crippen LogP contribution in [0.1, 0.15) is 22.4 Å². The van der Waals surface area contributed by atoms with Crippen LogP contribution in [0.15, 0.2) is 72.9 Å². The molecule has 1 unspecified atom stereocenters. The largest absolute Gasteiger partial charge is 0.467 e. The number of hydrogen-bond donors (Lipinski definition) is 1. The Labute approximate surface area is 154 Å². The second kappa shape index (κ2) is 8.13. The monoisotopic (exact) mass is 349 g/mol. The summed E-state index contributed by atoms with van der Waals surface area (Å²) in [5, 5.41) is 11.9. The first-order chi connectivity index (χ1) is 12.6. The first kappa shape index (κ1) is 18.1. The molecule has 0 aliphatic heterocycles. The summed E-state index contributed by atoms with van der Waals surface area (Å²) in [5.74, 6) is 0.597. The maximum absolute atomic E-state index is 11.9. The molecule has 0 bridgehead atoms. The number of aromatic nitrogens is 1. The van der Waals surface area contributed by atoms with Gasteiger partial charge in [-0.1, -0.05) is 48.0 Å². The molecule has 1 heterocycles. The SMILES string of the molecule is COCOc1ccc(C)cc1C(O)(Cc1ccccn1)c1ccccc1. The number of nitrogens with zero attached hydrogens (tertiary/aromatic N) is 1. The molecule has 0 aliphatic carbocycles. The van der Waals surface area contributed by atoms with Gasteiger partial charge in [-0.25, -0.2) is 0 Å². The fourth-order valence-corrected chi connectivity index (χ4v) is 3.05. The number of hydrogen-bond acceptors (Lipinski definition) is 4. The lowest BCUT2D eigenvalue weighted by atomic mass is 9.81. The van der Waals surface area contributed by atoms with Gasteiger partial charge >= 0.3 is 0 Å². The molecule has 4 heteroatoms. The highest BCUT2D eigenvalue weighted by atomic mass is 16.7. The van der Waals surface area contributed by atoms with E-state index in [9.17, 15) is 5.11 Å². The molecule has 0 fully saturated rings. The van der Waals surface area contributed by atoms with Gasteiger partial charge in [-0.2, -0.15) is 0 Å². The molecular formula is C22H23NO3. The van der Waals surface area contributed by atoms with E-state index >= 15 is 0 Å². The van der Waals surface area contributed by atoms with Crippen LogP contribution in [-0.4, -0.2) is 24.0 Å². The number of methoxy groups -OCH3 is 1. The molecule has 0 amide bonds. The third kappa shape index (κ3) is 3.93. The Morgan fingerprint density at radius 2 is 1.77 bits per heavy atom. The van der Waals surface area contributed by atoms with Crippen LogP contribution >= 0.6 is 0 Å². The number of rotatable bonds is 7. The maximum Gasteiger partial charge on any atom is 0.188 e. The summed E-state index contributed by atoms with van der Waals surface area (Å²) in [6, 6.07) is 21.1. The van der Waals surface area contributed by atoms with Crippen molar-refractivity contribution in [3.05, 3.63) is 95.3 Å². The highest BCUT2D eigenvalue weighted by molar-refractivity contribution is 5.47. The normalized spacial score (nSPS) is 13.2. The molecule has 1 N–H and O–H groups in total. The van der Waals surface area contributed by atoms with Gasteiger partial charge in [0.1, 0.15) is 11.4 Å². The predicted octanol–water partition coefficient (Wildman–Crippen LogP) is 3.85. The summed E-state index contributed by atoms with van der Waals surface area (Å²) < 4.78 is 10.8. The Balaban J connectivity index is 2.13. The lowest BCUT2D eigenvalue weighted by Gasteiger charge is -2.31. The molecule has 2 aromatic carbocycles. The second-order valence-corrected chi connectivity index (χ2v) is 6.27. The van der Waals surface area contributed by atoms with Crippen molar-refractivity contribution in [1.29, 1.82) is 0 Å². The zero-order valence-corrected chi connectivity index (χ0v) is 15.1. The van der Waals surface area contributed by atoms with E-state index in [1.807, 2.05) is 73.7 Å². The second-order valence-electron chi connectivity index (χ2n) is 6.27. The fraction of sp³-hybridized carbons (Fsp3) is 0.227. The Morgan fingerprint density at radius 3 is 2.46 bits per heavy atom. The molecule has 0 spiro atoms. The molecule has 1 aromatic heterocycles. The maximum atomic E-state index is 11.9. The third-order valence-electron chi connectivity index (χ3n) is 4.33. The molecular weight excluding hydrogens is 326 g/mol. The molecule has 0 aliphatic rings. The van der Waals surface area contributed by atoms with Crippen molar-refractivity contribution >= 4 is 0 Å². The fourth-order valence-electron chi connectivity index (χ4n) is 3.05. The van der Waals surface area contributed by atoms with Gasteiger partial charge in [0.2, 0.25) is 0 Å². The summed E-state index contributed by atoms with van der Waals surface area (Å²) >= 11 is 0. The first-order valence-electron chi connectivity index (χ1n) is 8.54. The summed E-state index contributed by atoms with van der Waals surface area (Å²) in [5.41, 5.74) is 2.06. The minimum Gasteiger partial charge on any atom is -0.467 e. The van der Waals surface area contributed by atoms with E-state index in [0.717, 1.165) is 16.8 Å². The van der Waals surface area contributed by atoms with Gasteiger partial charge < -0.3 is 14.6 Å². The minimum absolute atomic E-state index is 0.116. The lowest BCUT2D eigenvalue weighted by molar-refractivity contribution is 0.0398. The molecule has 0 radical (unpaired) electrons. The van der Waals surface area contributed by atoms with Crippen LogP contribution in [0.3, 0.4) is 0 Å². The van der Waals surface area contributed by atoms with E-state index in [1.54, 1.807) is 13.3 Å². The van der Waals surface area contributed by atoms with Crippen molar-refractivity contribution < 1.29 is 14.6 Å². The van der Waals surface area contributed by atoms with Crippen molar-refractivity contribution in [3.63, 3.8) is 0 Å². The lowest BCUT2D eigenvalue weighted by Crippen LogP contribution is -2.31. The van der Waals surface area contributed by atoms with E-state index in [0.29, 0.717) is 17.7 Å². The molecule has 1 atom stereocenters. The van der Waals surface area contributed by atoms with Gasteiger partial charge in [0.15, 0.2) is 6.79 Å². The van der Waals surface area contributed by atoms with Crippen LogP contribution in [-0.2, 0) is 16.8 Å². The number of benzene rings is 2. The molecule has 3 rings (SSSR count). The topological polar surface area (TPSA) is 51.6 Å². The van der Waals surface area contributed by atoms with Crippen LogP contribution in [0.25, 0.3) is 0 Å². The number of aliphatic hydroxyl groups is 1. The van der Waals surface area contributed by atoms with Gasteiger partial charge in [-0.05, 0) is 36.8 Å². The summed E-state index contributed by atoms with van der Waals surface area (Å²) in [6.07, 6.45) is 2.07. The smallest absolute Gasteiger partial charge is 0.188 e. The molecule has 0 saturated heterocycles. The number of pyridine rings is 1. The van der Waals surface area contributed by atoms with Crippen molar-refractivity contribution in [2.75, 3.05) is 13.9 Å². The first-order valence-corrected chi connectivity index (χ1v) is 8.54. The van der Waals surface area contributed by atoms with Gasteiger partial charge in [0.25, 0.3) is 0 Å². The van der Waals surface area contributed by atoms with Crippen LogP contribution in [0, 0.1) is 6.92 Å². The Bertz CT molecular complexity index is 837. The van der Waals surface area contributed by atoms with Crippen molar-refractivity contribution in [2.24, 2.45) is 0 Å². The zero-order chi connectivity index (χ0) is 18.4. The van der Waals surface area contributed by atoms with E-state index in [2.05, 4.69) is 4.98 Å². The molecule has 3 aromatic rings. The van der Waals surface area contributed by atoms with E-state index in [4.69, 9.17) is 9.47 Å². The van der Waals surface area contributed by atoms with E-state index in [1.165, 1.54) is 0 Å². The number of ether oxygens (including phenoxy) is 2. The standard InChI is InChI=1S/C22H23NO3/c1-17-11-12-21(26-16-25-2)20(14-17)22(24,18-8-4-3-5-9-18)15-19-10-6-7-13-23-19/h3-14,24H,15-16H2,1-2H3. The van der Waals surface area contributed by atoms with Gasteiger partial charge in [-0.15, -0.1) is 0 Å². The van der Waals surface area contributed by atoms with Crippen LogP contribution < -0.4 is 4.74 Å². The summed E-state index contributed by atoms with van der Waals surface area (Å²) in [6.45, 7) is 2.11. The Hall–Kier alpha value is -2.69. The Morgan fingerprint density at radius 1 is 1.00 bits per heavy atom. The summed E-state index contributed by atoms with van der Waals surface area (Å²) in [4.78, 5) is 4.40. The van der Waals surface area contributed by atoms with Gasteiger partial charge in [-0.3, -0.25) is 4.98 Å². The Kier molecular flexibility index (Phi) is 5.66. The van der Waals surface area contributed by atoms with Crippen molar-refractivity contribution in [1.82, 2.24) is 4.98 Å². The molecule has 134 valence electrons. The summed E-state index contributed by atoms with van der Waals surface area (Å²) in [7, 11) is 1.57. The van der Waals surface area contributed by atoms with Gasteiger partial charge in [0.05, 0.1) is 0 Å². The molecule has 4 nitrogen and oxygen atoms in total. The predicted molar refractivity (Wildman–Crippen MR) is 101 cm³/mol. The zero-order valence-electron chi connectivity index (χ0n) is 15.1.